The molecular weight excluding hydrogens is 267 g/mol. The van der Waals surface area contributed by atoms with E-state index >= 15 is 0 Å². The van der Waals surface area contributed by atoms with Crippen LogP contribution in [-0.2, 0) is 6.42 Å². The van der Waals surface area contributed by atoms with Crippen LogP contribution in [0.1, 0.15) is 38.2 Å². The van der Waals surface area contributed by atoms with Crippen LogP contribution < -0.4 is 0 Å². The maximum atomic E-state index is 12.7. The molecule has 1 aromatic rings. The molecule has 3 nitrogen and oxygen atoms in total. The summed E-state index contributed by atoms with van der Waals surface area (Å²) < 4.78 is 38.2. The maximum Gasteiger partial charge on any atom is 0.389 e. The summed E-state index contributed by atoms with van der Waals surface area (Å²) in [5, 5.41) is 3.51. The molecule has 0 spiro atoms. The molecular formula is C14H18F3N3. The fraction of sp³-hybridized carbons (Fsp3) is 0.571. The van der Waals surface area contributed by atoms with Crippen molar-refractivity contribution in [1.29, 1.82) is 0 Å². The van der Waals surface area contributed by atoms with Gasteiger partial charge in [-0.2, -0.15) is 13.2 Å². The summed E-state index contributed by atoms with van der Waals surface area (Å²) in [6.45, 7) is 1.79. The van der Waals surface area contributed by atoms with E-state index in [0.29, 0.717) is 12.8 Å². The van der Waals surface area contributed by atoms with Crippen molar-refractivity contribution in [2.45, 2.75) is 50.7 Å². The van der Waals surface area contributed by atoms with Gasteiger partial charge in [0.25, 0.3) is 0 Å². The van der Waals surface area contributed by atoms with Crippen molar-refractivity contribution in [3.63, 3.8) is 0 Å². The first kappa shape index (κ1) is 16.4. The highest BCUT2D eigenvalue weighted by atomic mass is 19.4. The first-order valence-corrected chi connectivity index (χ1v) is 6.58. The third-order valence-corrected chi connectivity index (χ3v) is 3.22. The first-order chi connectivity index (χ1) is 9.41. The Morgan fingerprint density at radius 1 is 1.15 bits per heavy atom. The van der Waals surface area contributed by atoms with Crippen molar-refractivity contribution in [3.8, 4) is 0 Å². The summed E-state index contributed by atoms with van der Waals surface area (Å²) in [6.07, 6.45) is -3.94. The largest absolute Gasteiger partial charge is 0.389 e. The van der Waals surface area contributed by atoms with Gasteiger partial charge in [0.05, 0.1) is 12.0 Å². The lowest BCUT2D eigenvalue weighted by Crippen LogP contribution is -2.33. The molecule has 0 saturated carbocycles. The monoisotopic (exact) mass is 285 g/mol. The number of hydrogen-bond donors (Lipinski definition) is 0. The Labute approximate surface area is 116 Å². The molecule has 1 aromatic carbocycles. The molecule has 0 radical (unpaired) electrons. The lowest BCUT2D eigenvalue weighted by atomic mass is 9.84. The Morgan fingerprint density at radius 2 is 1.80 bits per heavy atom. The zero-order chi connectivity index (χ0) is 15.1. The smallest absolute Gasteiger partial charge is 0.171 e. The van der Waals surface area contributed by atoms with Gasteiger partial charge < -0.3 is 0 Å². The number of benzene rings is 1. The van der Waals surface area contributed by atoms with Gasteiger partial charge in [0.2, 0.25) is 0 Å². The second kappa shape index (κ2) is 7.20. The molecule has 1 rings (SSSR count). The minimum absolute atomic E-state index is 0.203. The molecule has 0 saturated heterocycles. The van der Waals surface area contributed by atoms with Crippen LogP contribution in [-0.4, -0.2) is 11.7 Å². The quantitative estimate of drug-likeness (QED) is 0.365. The van der Waals surface area contributed by atoms with E-state index in [1.807, 2.05) is 30.3 Å². The van der Waals surface area contributed by atoms with E-state index in [1.54, 1.807) is 6.92 Å². The number of halogens is 3. The molecule has 0 aromatic heterocycles. The summed E-state index contributed by atoms with van der Waals surface area (Å²) in [5.74, 6) is 0. The van der Waals surface area contributed by atoms with Crippen molar-refractivity contribution < 1.29 is 13.2 Å². The minimum atomic E-state index is -4.33. The molecule has 110 valence electrons. The van der Waals surface area contributed by atoms with Gasteiger partial charge in [0, 0.05) is 4.91 Å². The molecule has 0 aliphatic rings. The van der Waals surface area contributed by atoms with E-state index in [4.69, 9.17) is 5.53 Å². The van der Waals surface area contributed by atoms with E-state index in [-0.39, 0.29) is 12.8 Å². The third-order valence-electron chi connectivity index (χ3n) is 3.22. The van der Waals surface area contributed by atoms with Gasteiger partial charge in [-0.25, -0.2) is 0 Å². The highest BCUT2D eigenvalue weighted by Gasteiger charge is 2.41. The molecule has 0 aliphatic carbocycles. The minimum Gasteiger partial charge on any atom is -0.171 e. The predicted octanol–water partition coefficient (Wildman–Crippen LogP) is 5.42. The molecule has 0 heterocycles. The van der Waals surface area contributed by atoms with Crippen molar-refractivity contribution in [1.82, 2.24) is 0 Å². The molecule has 0 amide bonds. The number of nitrogens with zero attached hydrogens (tertiary/aromatic N) is 3. The second-order valence-corrected chi connectivity index (χ2v) is 4.94. The van der Waals surface area contributed by atoms with Crippen molar-refractivity contribution in [3.05, 3.63) is 46.3 Å². The standard InChI is InChI=1S/C14H18F3N3/c1-2-9-13(19-20-18,11-14(15,16)17)10-8-12-6-4-3-5-7-12/h3-7H,2,8-11H2,1H3. The normalized spacial score (nSPS) is 14.4. The lowest BCUT2D eigenvalue weighted by molar-refractivity contribution is -0.148. The number of hydrogen-bond acceptors (Lipinski definition) is 1. The van der Waals surface area contributed by atoms with Gasteiger partial charge in [-0.05, 0) is 30.4 Å². The molecule has 1 atom stereocenters. The number of azide groups is 1. The Bertz CT molecular complexity index is 452. The zero-order valence-electron chi connectivity index (χ0n) is 11.4. The molecule has 6 heteroatoms. The number of rotatable bonds is 7. The van der Waals surface area contributed by atoms with Crippen molar-refractivity contribution in [2.75, 3.05) is 0 Å². The summed E-state index contributed by atoms with van der Waals surface area (Å²) >= 11 is 0. The predicted molar refractivity (Wildman–Crippen MR) is 72.2 cm³/mol. The van der Waals surface area contributed by atoms with Crippen LogP contribution in [0.5, 0.6) is 0 Å². The summed E-state index contributed by atoms with van der Waals surface area (Å²) in [7, 11) is 0. The van der Waals surface area contributed by atoms with Crippen LogP contribution >= 0.6 is 0 Å². The molecule has 1 unspecified atom stereocenters. The van der Waals surface area contributed by atoms with E-state index in [2.05, 4.69) is 10.0 Å². The maximum absolute atomic E-state index is 12.7. The van der Waals surface area contributed by atoms with Crippen molar-refractivity contribution in [2.24, 2.45) is 5.11 Å². The van der Waals surface area contributed by atoms with Gasteiger partial charge in [-0.3, -0.25) is 0 Å². The Hall–Kier alpha value is -1.68. The summed E-state index contributed by atoms with van der Waals surface area (Å²) in [4.78, 5) is 2.65. The highest BCUT2D eigenvalue weighted by molar-refractivity contribution is 5.15. The van der Waals surface area contributed by atoms with Gasteiger partial charge in [0.1, 0.15) is 0 Å². The third kappa shape index (κ3) is 5.53. The SMILES string of the molecule is CCCC(CCc1ccccc1)(CC(F)(F)F)N=[N+]=[N-]. The topological polar surface area (TPSA) is 48.8 Å². The van der Waals surface area contributed by atoms with Crippen molar-refractivity contribution >= 4 is 0 Å². The van der Waals surface area contributed by atoms with E-state index in [9.17, 15) is 13.2 Å². The molecule has 0 bridgehead atoms. The van der Waals surface area contributed by atoms with Gasteiger partial charge in [-0.1, -0.05) is 48.8 Å². The Morgan fingerprint density at radius 3 is 2.30 bits per heavy atom. The van der Waals surface area contributed by atoms with Crippen LogP contribution in [0.2, 0.25) is 0 Å². The van der Waals surface area contributed by atoms with Gasteiger partial charge >= 0.3 is 6.18 Å². The van der Waals surface area contributed by atoms with Gasteiger partial charge in [0.15, 0.2) is 0 Å². The first-order valence-electron chi connectivity index (χ1n) is 6.58. The van der Waals surface area contributed by atoms with Crippen LogP contribution in [0, 0.1) is 0 Å². The number of aryl methyl sites for hydroxylation is 1. The summed E-state index contributed by atoms with van der Waals surface area (Å²) in [6, 6.07) is 9.26. The average Bonchev–Trinajstić information content (AvgIpc) is 2.36. The zero-order valence-corrected chi connectivity index (χ0v) is 11.4. The van der Waals surface area contributed by atoms with E-state index in [1.165, 1.54) is 0 Å². The molecule has 0 N–H and O–H groups in total. The van der Waals surface area contributed by atoms with Crippen LogP contribution in [0.4, 0.5) is 13.2 Å². The molecule has 0 fully saturated rings. The number of alkyl halides is 3. The molecule has 0 aliphatic heterocycles. The Kier molecular flexibility index (Phi) is 5.89. The lowest BCUT2D eigenvalue weighted by Gasteiger charge is -2.29. The summed E-state index contributed by atoms with van der Waals surface area (Å²) in [5.41, 5.74) is 8.18. The van der Waals surface area contributed by atoms with E-state index < -0.39 is 18.1 Å². The average molecular weight is 285 g/mol. The fourth-order valence-electron chi connectivity index (χ4n) is 2.39. The van der Waals surface area contributed by atoms with Crippen LogP contribution in [0.25, 0.3) is 10.4 Å². The van der Waals surface area contributed by atoms with Gasteiger partial charge in [-0.15, -0.1) is 0 Å². The Balaban J connectivity index is 2.88. The van der Waals surface area contributed by atoms with Crippen LogP contribution in [0.3, 0.4) is 0 Å². The van der Waals surface area contributed by atoms with E-state index in [0.717, 1.165) is 5.56 Å². The second-order valence-electron chi connectivity index (χ2n) is 4.94. The fourth-order valence-corrected chi connectivity index (χ4v) is 2.39. The van der Waals surface area contributed by atoms with Crippen LogP contribution in [0.15, 0.2) is 35.4 Å². The molecule has 20 heavy (non-hydrogen) atoms. The highest BCUT2D eigenvalue weighted by Crippen LogP contribution is 2.37.